The lowest BCUT2D eigenvalue weighted by atomic mass is 9.41. The predicted octanol–water partition coefficient (Wildman–Crippen LogP) is 3.91. The Kier molecular flexibility index (Phi) is 4.89. The van der Waals surface area contributed by atoms with Crippen LogP contribution in [0, 0.1) is 44.8 Å². The Labute approximate surface area is 190 Å². The number of nitrogens with one attached hydrogen (secondary N) is 1. The van der Waals surface area contributed by atoms with Crippen molar-refractivity contribution in [1.82, 2.24) is 10.2 Å². The summed E-state index contributed by atoms with van der Waals surface area (Å²) in [6.45, 7) is 10.1. The van der Waals surface area contributed by atoms with Gasteiger partial charge in [0, 0.05) is 23.4 Å². The number of nitrogens with zero attached hydrogens (tertiary/aromatic N) is 1. The van der Waals surface area contributed by atoms with Crippen molar-refractivity contribution < 1.29 is 10.2 Å². The smallest absolute Gasteiger partial charge is 0.0594 e. The average Bonchev–Trinajstić information content (AvgIpc) is 3.32. The average molecular weight is 433 g/mol. The molecule has 5 aliphatic rings. The van der Waals surface area contributed by atoms with Gasteiger partial charge in [-0.25, -0.2) is 0 Å². The summed E-state index contributed by atoms with van der Waals surface area (Å²) >= 11 is 0. The number of hydrogen-bond donors (Lipinski definition) is 3. The summed E-state index contributed by atoms with van der Waals surface area (Å²) in [6, 6.07) is 0.842. The number of rotatable bonds is 4. The van der Waals surface area contributed by atoms with Crippen LogP contribution >= 0.6 is 0 Å². The van der Waals surface area contributed by atoms with Crippen molar-refractivity contribution in [2.45, 2.75) is 97.2 Å². The highest BCUT2D eigenvalue weighted by Gasteiger charge is 2.83. The molecule has 11 atom stereocenters. The first-order valence-corrected chi connectivity index (χ1v) is 13.1. The van der Waals surface area contributed by atoms with Crippen LogP contribution in [0.1, 0.15) is 79.1 Å². The van der Waals surface area contributed by atoms with E-state index in [0.717, 1.165) is 12.3 Å². The molecule has 178 valence electrons. The Balaban J connectivity index is 1.52. The van der Waals surface area contributed by atoms with Gasteiger partial charge in [-0.05, 0) is 113 Å². The van der Waals surface area contributed by atoms with Crippen molar-refractivity contribution in [2.24, 2.45) is 44.8 Å². The van der Waals surface area contributed by atoms with Crippen LogP contribution in [0.4, 0.5) is 0 Å². The summed E-state index contributed by atoms with van der Waals surface area (Å²) in [5, 5.41) is 25.5. The van der Waals surface area contributed by atoms with Crippen LogP contribution in [-0.2, 0) is 0 Å². The molecule has 0 radical (unpaired) electrons. The number of fused-ring (bicyclic) bond motifs is 2. The van der Waals surface area contributed by atoms with Gasteiger partial charge in [0.05, 0.1) is 12.7 Å². The Morgan fingerprint density at radius 3 is 2.23 bits per heavy atom. The van der Waals surface area contributed by atoms with E-state index < -0.39 is 0 Å². The number of hydrogen-bond acceptors (Lipinski definition) is 4. The van der Waals surface area contributed by atoms with Gasteiger partial charge in [-0.15, -0.1) is 0 Å². The lowest BCUT2D eigenvalue weighted by Gasteiger charge is -2.64. The molecule has 0 aromatic rings. The molecule has 5 saturated carbocycles. The van der Waals surface area contributed by atoms with Crippen molar-refractivity contribution >= 4 is 0 Å². The number of aliphatic hydroxyl groups is 2. The molecule has 0 heterocycles. The molecular formula is C27H48N2O2. The highest BCUT2D eigenvalue weighted by Crippen LogP contribution is 2.89. The summed E-state index contributed by atoms with van der Waals surface area (Å²) in [5.41, 5.74) is 1.36. The van der Waals surface area contributed by atoms with Crippen molar-refractivity contribution in [2.75, 3.05) is 27.7 Å². The molecule has 4 nitrogen and oxygen atoms in total. The Hall–Kier alpha value is -0.160. The van der Waals surface area contributed by atoms with E-state index in [2.05, 4.69) is 59.1 Å². The second kappa shape index (κ2) is 6.71. The van der Waals surface area contributed by atoms with Gasteiger partial charge in [-0.3, -0.25) is 0 Å². The molecule has 0 aromatic heterocycles. The number of aliphatic hydroxyl groups excluding tert-OH is 2. The van der Waals surface area contributed by atoms with Crippen LogP contribution in [0.3, 0.4) is 0 Å². The zero-order chi connectivity index (χ0) is 22.6. The van der Waals surface area contributed by atoms with E-state index in [1.165, 1.54) is 44.9 Å². The molecule has 31 heavy (non-hydrogen) atoms. The van der Waals surface area contributed by atoms with Gasteiger partial charge in [-0.1, -0.05) is 20.8 Å². The third kappa shape index (κ3) is 2.42. The second-order valence-electron chi connectivity index (χ2n) is 13.6. The van der Waals surface area contributed by atoms with Crippen LogP contribution in [-0.4, -0.2) is 61.1 Å². The van der Waals surface area contributed by atoms with Crippen molar-refractivity contribution in [3.63, 3.8) is 0 Å². The van der Waals surface area contributed by atoms with E-state index in [1.54, 1.807) is 0 Å². The largest absolute Gasteiger partial charge is 0.396 e. The van der Waals surface area contributed by atoms with E-state index in [9.17, 15) is 10.2 Å². The van der Waals surface area contributed by atoms with Crippen molar-refractivity contribution in [3.05, 3.63) is 0 Å². The molecule has 2 spiro atoms. The van der Waals surface area contributed by atoms with Gasteiger partial charge in [-0.2, -0.15) is 0 Å². The molecule has 0 amide bonds. The third-order valence-electron chi connectivity index (χ3n) is 12.9. The van der Waals surface area contributed by atoms with Crippen molar-refractivity contribution in [1.29, 1.82) is 0 Å². The molecule has 0 aliphatic heterocycles. The van der Waals surface area contributed by atoms with E-state index in [-0.39, 0.29) is 22.3 Å². The van der Waals surface area contributed by atoms with Crippen LogP contribution in [0.25, 0.3) is 0 Å². The Bertz CT molecular complexity index is 743. The topological polar surface area (TPSA) is 55.7 Å². The SMILES string of the molecule is CN[C@@H](C)[C@H]1[C@H](O)C[C@@]2(C)[C@@H]3CC[C@H]4[C@@](C)(CO)[C@@H](N(C)C)CC[C@@]45C[C@@]35CC[C@]12C. The van der Waals surface area contributed by atoms with Gasteiger partial charge >= 0.3 is 0 Å². The van der Waals surface area contributed by atoms with E-state index in [1.807, 2.05) is 0 Å². The van der Waals surface area contributed by atoms with E-state index >= 15 is 0 Å². The Morgan fingerprint density at radius 1 is 0.968 bits per heavy atom. The fourth-order valence-corrected chi connectivity index (χ4v) is 11.4. The molecule has 4 heteroatoms. The van der Waals surface area contributed by atoms with Crippen molar-refractivity contribution in [3.8, 4) is 0 Å². The highest BCUT2D eigenvalue weighted by molar-refractivity contribution is 5.31. The normalized spacial score (nSPS) is 58.8. The zero-order valence-electron chi connectivity index (χ0n) is 21.2. The summed E-state index contributed by atoms with van der Waals surface area (Å²) in [7, 11) is 6.47. The fraction of sp³-hybridized carbons (Fsp3) is 1.00. The maximum absolute atomic E-state index is 11.3. The first kappa shape index (κ1) is 22.6. The van der Waals surface area contributed by atoms with Gasteiger partial charge in [0.15, 0.2) is 0 Å². The van der Waals surface area contributed by atoms with Crippen LogP contribution in [0.2, 0.25) is 0 Å². The molecular weight excluding hydrogens is 384 g/mol. The molecule has 5 rings (SSSR count). The summed E-state index contributed by atoms with van der Waals surface area (Å²) in [6.07, 6.45) is 9.91. The van der Waals surface area contributed by atoms with Crippen LogP contribution in [0.15, 0.2) is 0 Å². The molecule has 0 saturated heterocycles. The summed E-state index contributed by atoms with van der Waals surface area (Å²) in [4.78, 5) is 2.39. The quantitative estimate of drug-likeness (QED) is 0.630. The van der Waals surface area contributed by atoms with Gasteiger partial charge in [0.25, 0.3) is 0 Å². The minimum atomic E-state index is -0.188. The minimum Gasteiger partial charge on any atom is -0.396 e. The van der Waals surface area contributed by atoms with Gasteiger partial charge in [0.2, 0.25) is 0 Å². The fourth-order valence-electron chi connectivity index (χ4n) is 11.4. The van der Waals surface area contributed by atoms with E-state index in [4.69, 9.17) is 0 Å². The van der Waals surface area contributed by atoms with Gasteiger partial charge in [0.1, 0.15) is 0 Å². The van der Waals surface area contributed by atoms with E-state index in [0.29, 0.717) is 41.4 Å². The maximum atomic E-state index is 11.3. The molecule has 5 fully saturated rings. The first-order valence-electron chi connectivity index (χ1n) is 13.1. The van der Waals surface area contributed by atoms with Crippen LogP contribution in [0.5, 0.6) is 0 Å². The molecule has 0 unspecified atom stereocenters. The molecule has 3 N–H and O–H groups in total. The maximum Gasteiger partial charge on any atom is 0.0594 e. The van der Waals surface area contributed by atoms with Crippen LogP contribution < -0.4 is 5.32 Å². The first-order chi connectivity index (χ1) is 14.5. The lowest BCUT2D eigenvalue weighted by Crippen LogP contribution is -2.61. The predicted molar refractivity (Wildman–Crippen MR) is 126 cm³/mol. The summed E-state index contributed by atoms with van der Waals surface area (Å²) < 4.78 is 0. The Morgan fingerprint density at radius 2 is 1.61 bits per heavy atom. The monoisotopic (exact) mass is 432 g/mol. The lowest BCUT2D eigenvalue weighted by molar-refractivity contribution is -0.161. The highest BCUT2D eigenvalue weighted by atomic mass is 16.3. The molecule has 0 aromatic carbocycles. The molecule has 5 aliphatic carbocycles. The zero-order valence-corrected chi connectivity index (χ0v) is 21.2. The summed E-state index contributed by atoms with van der Waals surface area (Å²) in [5.74, 6) is 1.73. The standard InChI is InChI=1S/C27H48N2O2/c1-17(28-5)22-18(31)14-25(4)20-9-8-19-23(2,16-30)21(29(6)7)10-11-26(19)15-27(20,26)13-12-24(22,25)3/h17-22,28,30-31H,8-16H2,1-7H3/t17-,18+,19-,20-,21-,22-,23+,24+,25-,26+,27-/m0/s1. The minimum absolute atomic E-state index is 0.0102. The van der Waals surface area contributed by atoms with Gasteiger partial charge < -0.3 is 20.4 Å². The third-order valence-corrected chi connectivity index (χ3v) is 12.9. The molecule has 0 bridgehead atoms. The second-order valence-corrected chi connectivity index (χ2v) is 13.6.